The number of benzene rings is 1. The second-order valence-electron chi connectivity index (χ2n) is 5.96. The molecule has 0 aromatic heterocycles. The molecule has 0 saturated heterocycles. The number of nitrogens with one attached hydrogen (secondary N) is 1. The van der Waals surface area contributed by atoms with Crippen LogP contribution in [0.3, 0.4) is 0 Å². The third-order valence-electron chi connectivity index (χ3n) is 2.77. The zero-order chi connectivity index (χ0) is 16.6. The Kier molecular flexibility index (Phi) is 7.05. The van der Waals surface area contributed by atoms with Crippen molar-refractivity contribution in [3.63, 3.8) is 0 Å². The Balaban J connectivity index is 2.62. The molecule has 22 heavy (non-hydrogen) atoms. The molecule has 1 aromatic carbocycles. The summed E-state index contributed by atoms with van der Waals surface area (Å²) >= 11 is 0. The number of esters is 2. The van der Waals surface area contributed by atoms with Gasteiger partial charge in [0.25, 0.3) is 0 Å². The predicted octanol–water partition coefficient (Wildman–Crippen LogP) is 2.09. The number of hydrogen-bond donors (Lipinski definition) is 1. The highest BCUT2D eigenvalue weighted by atomic mass is 16.6. The molecule has 0 aliphatic heterocycles. The highest BCUT2D eigenvalue weighted by molar-refractivity contribution is 5.78. The van der Waals surface area contributed by atoms with E-state index in [4.69, 9.17) is 9.47 Å². The molecule has 0 saturated carbocycles. The smallest absolute Gasteiger partial charge is 0.323 e. The number of carbonyl (C=O) groups is 2. The molecule has 1 N–H and O–H groups in total. The molecule has 0 amide bonds. The number of carbonyl (C=O) groups excluding carboxylic acids is 2. The Bertz CT molecular complexity index is 479. The minimum atomic E-state index is -0.574. The van der Waals surface area contributed by atoms with E-state index in [2.05, 4.69) is 5.32 Å². The van der Waals surface area contributed by atoms with Crippen molar-refractivity contribution in [3.8, 4) is 0 Å². The summed E-state index contributed by atoms with van der Waals surface area (Å²) in [5.74, 6) is -0.759. The fourth-order valence-electron chi connectivity index (χ4n) is 1.92. The molecule has 5 nitrogen and oxygen atoms in total. The minimum Gasteiger partial charge on any atom is -0.465 e. The molecule has 1 rings (SSSR count). The molecule has 0 bridgehead atoms. The molecule has 0 heterocycles. The molecule has 0 unspecified atom stereocenters. The van der Waals surface area contributed by atoms with Gasteiger partial charge in [0.15, 0.2) is 0 Å². The van der Waals surface area contributed by atoms with E-state index in [1.165, 1.54) is 0 Å². The summed E-state index contributed by atoms with van der Waals surface area (Å²) < 4.78 is 10.3. The van der Waals surface area contributed by atoms with E-state index in [-0.39, 0.29) is 12.5 Å². The Morgan fingerprint density at radius 1 is 1.18 bits per heavy atom. The van der Waals surface area contributed by atoms with Crippen molar-refractivity contribution in [3.05, 3.63) is 35.9 Å². The molecule has 5 heteroatoms. The standard InChI is InChI=1S/C17H25NO4/c1-5-21-16(20)14(11-13-9-7-6-8-10-13)18-12-15(19)22-17(2,3)4/h6-10,14,18H,5,11-12H2,1-4H3/t14-/m0/s1. The molecule has 0 aliphatic carbocycles. The quantitative estimate of drug-likeness (QED) is 0.782. The topological polar surface area (TPSA) is 64.6 Å². The molecule has 0 spiro atoms. The Morgan fingerprint density at radius 3 is 2.36 bits per heavy atom. The van der Waals surface area contributed by atoms with Crippen molar-refractivity contribution in [2.24, 2.45) is 0 Å². The van der Waals surface area contributed by atoms with Gasteiger partial charge in [-0.05, 0) is 39.7 Å². The van der Waals surface area contributed by atoms with E-state index in [1.54, 1.807) is 27.7 Å². The maximum atomic E-state index is 12.0. The van der Waals surface area contributed by atoms with Crippen LogP contribution in [-0.2, 0) is 25.5 Å². The maximum absolute atomic E-state index is 12.0. The van der Waals surface area contributed by atoms with Crippen LogP contribution in [0, 0.1) is 0 Å². The van der Waals surface area contributed by atoms with Crippen molar-refractivity contribution in [2.45, 2.75) is 45.8 Å². The Labute approximate surface area is 132 Å². The van der Waals surface area contributed by atoms with Crippen LogP contribution >= 0.6 is 0 Å². The summed E-state index contributed by atoms with van der Waals surface area (Å²) in [6, 6.07) is 9.02. The molecular formula is C17H25NO4. The fourth-order valence-corrected chi connectivity index (χ4v) is 1.92. The van der Waals surface area contributed by atoms with Crippen LogP contribution < -0.4 is 5.32 Å². The van der Waals surface area contributed by atoms with Crippen LogP contribution in [0.4, 0.5) is 0 Å². The van der Waals surface area contributed by atoms with Crippen molar-refractivity contribution in [2.75, 3.05) is 13.2 Å². The van der Waals surface area contributed by atoms with E-state index >= 15 is 0 Å². The third kappa shape index (κ3) is 7.22. The summed E-state index contributed by atoms with van der Waals surface area (Å²) in [6.07, 6.45) is 0.461. The molecule has 0 radical (unpaired) electrons. The number of ether oxygens (including phenoxy) is 2. The largest absolute Gasteiger partial charge is 0.465 e. The van der Waals surface area contributed by atoms with Crippen LogP contribution in [0.5, 0.6) is 0 Å². The van der Waals surface area contributed by atoms with E-state index in [0.29, 0.717) is 13.0 Å². The van der Waals surface area contributed by atoms with Crippen LogP contribution in [0.25, 0.3) is 0 Å². The maximum Gasteiger partial charge on any atom is 0.323 e. The lowest BCUT2D eigenvalue weighted by atomic mass is 10.1. The van der Waals surface area contributed by atoms with E-state index in [1.807, 2.05) is 30.3 Å². The molecule has 0 fully saturated rings. The van der Waals surface area contributed by atoms with Gasteiger partial charge in [-0.15, -0.1) is 0 Å². The summed E-state index contributed by atoms with van der Waals surface area (Å²) in [4.78, 5) is 23.8. The summed E-state index contributed by atoms with van der Waals surface area (Å²) in [6.45, 7) is 7.43. The summed E-state index contributed by atoms with van der Waals surface area (Å²) in [7, 11) is 0. The summed E-state index contributed by atoms with van der Waals surface area (Å²) in [5.41, 5.74) is 0.453. The zero-order valence-corrected chi connectivity index (χ0v) is 13.7. The van der Waals surface area contributed by atoms with Gasteiger partial charge in [0.05, 0.1) is 13.2 Å². The lowest BCUT2D eigenvalue weighted by Crippen LogP contribution is -2.43. The summed E-state index contributed by atoms with van der Waals surface area (Å²) in [5, 5.41) is 2.93. The van der Waals surface area contributed by atoms with Gasteiger partial charge in [-0.3, -0.25) is 14.9 Å². The van der Waals surface area contributed by atoms with Gasteiger partial charge in [0, 0.05) is 0 Å². The normalized spacial score (nSPS) is 12.5. The molecule has 1 aromatic rings. The van der Waals surface area contributed by atoms with Crippen LogP contribution in [-0.4, -0.2) is 36.7 Å². The number of rotatable bonds is 7. The zero-order valence-electron chi connectivity index (χ0n) is 13.7. The van der Waals surface area contributed by atoms with Crippen LogP contribution in [0.1, 0.15) is 33.3 Å². The van der Waals surface area contributed by atoms with E-state index in [9.17, 15) is 9.59 Å². The van der Waals surface area contributed by atoms with Gasteiger partial charge < -0.3 is 9.47 Å². The average molecular weight is 307 g/mol. The first-order chi connectivity index (χ1) is 10.3. The van der Waals surface area contributed by atoms with E-state index in [0.717, 1.165) is 5.56 Å². The lowest BCUT2D eigenvalue weighted by Gasteiger charge is -2.21. The van der Waals surface area contributed by atoms with Crippen LogP contribution in [0.2, 0.25) is 0 Å². The average Bonchev–Trinajstić information content (AvgIpc) is 2.43. The molecular weight excluding hydrogens is 282 g/mol. The molecule has 0 aliphatic rings. The molecule has 1 atom stereocenters. The third-order valence-corrected chi connectivity index (χ3v) is 2.77. The van der Waals surface area contributed by atoms with Gasteiger partial charge in [0.2, 0.25) is 0 Å². The van der Waals surface area contributed by atoms with Crippen LogP contribution in [0.15, 0.2) is 30.3 Å². The van der Waals surface area contributed by atoms with E-state index < -0.39 is 17.6 Å². The first-order valence-corrected chi connectivity index (χ1v) is 7.47. The van der Waals surface area contributed by atoms with Gasteiger partial charge >= 0.3 is 11.9 Å². The van der Waals surface area contributed by atoms with Gasteiger partial charge in [-0.1, -0.05) is 30.3 Å². The highest BCUT2D eigenvalue weighted by Crippen LogP contribution is 2.08. The second kappa shape index (κ2) is 8.54. The lowest BCUT2D eigenvalue weighted by molar-refractivity contribution is -0.154. The predicted molar refractivity (Wildman–Crippen MR) is 84.4 cm³/mol. The van der Waals surface area contributed by atoms with Gasteiger partial charge in [0.1, 0.15) is 11.6 Å². The number of hydrogen-bond acceptors (Lipinski definition) is 5. The van der Waals surface area contributed by atoms with Gasteiger partial charge in [-0.2, -0.15) is 0 Å². The Morgan fingerprint density at radius 2 is 1.82 bits per heavy atom. The van der Waals surface area contributed by atoms with Crippen molar-refractivity contribution in [1.29, 1.82) is 0 Å². The monoisotopic (exact) mass is 307 g/mol. The van der Waals surface area contributed by atoms with Crippen molar-refractivity contribution in [1.82, 2.24) is 5.32 Å². The van der Waals surface area contributed by atoms with Gasteiger partial charge in [-0.25, -0.2) is 0 Å². The van der Waals surface area contributed by atoms with Crippen molar-refractivity contribution < 1.29 is 19.1 Å². The first kappa shape index (κ1) is 18.2. The SMILES string of the molecule is CCOC(=O)[C@H](Cc1ccccc1)NCC(=O)OC(C)(C)C. The van der Waals surface area contributed by atoms with Crippen molar-refractivity contribution >= 4 is 11.9 Å². The first-order valence-electron chi connectivity index (χ1n) is 7.47. The minimum absolute atomic E-state index is 0.0341. The molecule has 122 valence electrons. The fraction of sp³-hybridized carbons (Fsp3) is 0.529. The highest BCUT2D eigenvalue weighted by Gasteiger charge is 2.22. The Hall–Kier alpha value is -1.88. The second-order valence-corrected chi connectivity index (χ2v) is 5.96.